The molecule has 2 aliphatic heterocycles. The first-order valence-corrected chi connectivity index (χ1v) is 19.1. The van der Waals surface area contributed by atoms with Gasteiger partial charge in [-0.05, 0) is 37.1 Å². The Morgan fingerprint density at radius 3 is 2.00 bits per heavy atom. The molecule has 2 aromatic rings. The molecule has 0 saturated heterocycles. The predicted octanol–water partition coefficient (Wildman–Crippen LogP) is 4.37. The number of hydrogen-bond acceptors (Lipinski definition) is 9. The molecule has 0 aliphatic carbocycles. The summed E-state index contributed by atoms with van der Waals surface area (Å²) in [4.78, 5) is 15.9. The van der Waals surface area contributed by atoms with E-state index in [1.165, 1.54) is 40.8 Å². The maximum absolute atomic E-state index is 10.9. The number of azide groups is 1. The highest BCUT2D eigenvalue weighted by molar-refractivity contribution is 6.03. The number of anilines is 1. The molecule has 0 bridgehead atoms. The number of halogens is 1. The summed E-state index contributed by atoms with van der Waals surface area (Å²) in [5.74, 6) is -0.305. The first-order chi connectivity index (χ1) is 26.7. The second-order valence-corrected chi connectivity index (χ2v) is 14.0. The van der Waals surface area contributed by atoms with Crippen LogP contribution in [0.1, 0.15) is 45.7 Å². The van der Waals surface area contributed by atoms with Gasteiger partial charge in [0.1, 0.15) is 13.2 Å². The second-order valence-electron chi connectivity index (χ2n) is 14.0. The van der Waals surface area contributed by atoms with Crippen LogP contribution in [0.4, 0.5) is 11.4 Å². The summed E-state index contributed by atoms with van der Waals surface area (Å²) >= 11 is 0. The molecular weight excluding hydrogens is 734 g/mol. The Morgan fingerprint density at radius 2 is 1.30 bits per heavy atom. The molecule has 0 fully saturated rings. The van der Waals surface area contributed by atoms with Gasteiger partial charge in [-0.2, -0.15) is 4.58 Å². The number of fused-ring (bicyclic) bond motifs is 2. The molecule has 0 unspecified atom stereocenters. The number of allylic oxidation sites excluding steroid dienone is 8. The molecule has 2 aromatic carbocycles. The van der Waals surface area contributed by atoms with Crippen LogP contribution in [-0.2, 0) is 44.0 Å². The zero-order valence-corrected chi connectivity index (χ0v) is 34.3. The van der Waals surface area contributed by atoms with Gasteiger partial charge in [0.15, 0.2) is 12.3 Å². The largest absolute Gasteiger partial charge is 1.00 e. The molecule has 0 N–H and O–H groups in total. The molecule has 0 saturated carbocycles. The quantitative estimate of drug-likeness (QED) is 0.0276. The van der Waals surface area contributed by atoms with Crippen LogP contribution < -0.4 is 17.3 Å². The molecule has 4 rings (SSSR count). The van der Waals surface area contributed by atoms with E-state index in [1.54, 1.807) is 0 Å². The number of carbonyl (C=O) groups excluding carboxylic acids is 1. The van der Waals surface area contributed by atoms with Gasteiger partial charge in [0.2, 0.25) is 5.69 Å². The number of esters is 1. The molecule has 12 nitrogen and oxygen atoms in total. The highest BCUT2D eigenvalue weighted by atomic mass is 35.5. The van der Waals surface area contributed by atoms with E-state index in [-0.39, 0.29) is 35.8 Å². The fourth-order valence-electron chi connectivity index (χ4n) is 6.82. The van der Waals surface area contributed by atoms with Crippen LogP contribution in [0.5, 0.6) is 0 Å². The standard InChI is InChI=1S/C43H58N5O7.ClH/c1-35(49)55-34-33-54-32-29-52-26-23-48-39-18-14-12-16-37(39)43(4,5)41(48)20-10-8-6-7-9-19-40-42(2,3)36-15-11-13-17-38(36)47(40)22-25-51-28-31-53-30-27-50-24-21-45-46-44;/h6-20H,21-34H2,1-5H3;1H/q+1;/p-1. The Labute approximate surface area is 338 Å². The lowest BCUT2D eigenvalue weighted by atomic mass is 9.81. The van der Waals surface area contributed by atoms with E-state index in [9.17, 15) is 4.79 Å². The van der Waals surface area contributed by atoms with E-state index in [2.05, 4.69) is 138 Å². The smallest absolute Gasteiger partial charge is 0.302 e. The third kappa shape index (κ3) is 13.4. The monoisotopic (exact) mass is 791 g/mol. The average Bonchev–Trinajstić information content (AvgIpc) is 3.52. The third-order valence-corrected chi connectivity index (χ3v) is 9.52. The molecule has 0 aromatic heterocycles. The second kappa shape index (κ2) is 24.4. The summed E-state index contributed by atoms with van der Waals surface area (Å²) in [6.07, 6.45) is 14.8. The maximum atomic E-state index is 10.9. The molecule has 0 atom stereocenters. The lowest BCUT2D eigenvalue weighted by Gasteiger charge is -2.27. The molecule has 0 radical (unpaired) electrons. The lowest BCUT2D eigenvalue weighted by Crippen LogP contribution is -3.00. The fraction of sp³-hybridized carbons (Fsp3) is 0.488. The van der Waals surface area contributed by atoms with Crippen LogP contribution in [0, 0.1) is 0 Å². The van der Waals surface area contributed by atoms with Gasteiger partial charge in [-0.3, -0.25) is 4.79 Å². The molecule has 0 amide bonds. The van der Waals surface area contributed by atoms with Gasteiger partial charge < -0.3 is 45.7 Å². The number of para-hydroxylation sites is 2. The summed E-state index contributed by atoms with van der Waals surface area (Å²) in [5.41, 5.74) is 15.4. The average molecular weight is 792 g/mol. The topological polar surface area (TPSA) is 127 Å². The van der Waals surface area contributed by atoms with Crippen molar-refractivity contribution in [2.75, 3.05) is 97.2 Å². The Morgan fingerprint density at radius 1 is 0.732 bits per heavy atom. The minimum absolute atomic E-state index is 0. The Hall–Kier alpha value is -4.26. The normalized spacial score (nSPS) is 16.2. The number of ether oxygens (including phenoxy) is 6. The van der Waals surface area contributed by atoms with Gasteiger partial charge in [-0.25, -0.2) is 0 Å². The molecule has 2 aliphatic rings. The molecule has 2 heterocycles. The van der Waals surface area contributed by atoms with Crippen molar-refractivity contribution in [3.05, 3.63) is 118 Å². The highest BCUT2D eigenvalue weighted by Crippen LogP contribution is 2.47. The number of hydrogen-bond donors (Lipinski definition) is 0. The highest BCUT2D eigenvalue weighted by Gasteiger charge is 2.44. The summed E-state index contributed by atoms with van der Waals surface area (Å²) < 4.78 is 35.5. The Kier molecular flexibility index (Phi) is 20.1. The third-order valence-electron chi connectivity index (χ3n) is 9.52. The van der Waals surface area contributed by atoms with Gasteiger partial charge in [0, 0.05) is 59.4 Å². The fourth-order valence-corrected chi connectivity index (χ4v) is 6.82. The van der Waals surface area contributed by atoms with Crippen LogP contribution >= 0.6 is 0 Å². The number of rotatable bonds is 25. The zero-order valence-electron chi connectivity index (χ0n) is 33.5. The van der Waals surface area contributed by atoms with E-state index < -0.39 is 0 Å². The molecule has 13 heteroatoms. The minimum atomic E-state index is -0.305. The molecule has 0 spiro atoms. The van der Waals surface area contributed by atoms with Crippen LogP contribution in [0.3, 0.4) is 0 Å². The summed E-state index contributed by atoms with van der Waals surface area (Å²) in [6, 6.07) is 17.1. The summed E-state index contributed by atoms with van der Waals surface area (Å²) in [5, 5.41) is 3.44. The van der Waals surface area contributed by atoms with Crippen molar-refractivity contribution in [2.45, 2.75) is 45.4 Å². The first kappa shape index (κ1) is 46.1. The lowest BCUT2D eigenvalue weighted by molar-refractivity contribution is -0.442. The van der Waals surface area contributed by atoms with Crippen molar-refractivity contribution in [2.24, 2.45) is 5.11 Å². The van der Waals surface area contributed by atoms with Crippen LogP contribution in [0.2, 0.25) is 0 Å². The van der Waals surface area contributed by atoms with E-state index in [0.717, 1.165) is 13.1 Å². The SMILES string of the molecule is CC(=O)OCCOCCOCCN1C(=CC=CC=CC=CC2=[N+](CCOCCOCCOCCN=[N+]=[N-])c3ccccc3C2(C)C)C(C)(C)c2ccccc21.[Cl-]. The van der Waals surface area contributed by atoms with Crippen molar-refractivity contribution in [1.82, 2.24) is 0 Å². The number of carbonyl (C=O) groups is 1. The zero-order chi connectivity index (χ0) is 39.4. The van der Waals surface area contributed by atoms with E-state index >= 15 is 0 Å². The van der Waals surface area contributed by atoms with Crippen molar-refractivity contribution in [1.29, 1.82) is 0 Å². The van der Waals surface area contributed by atoms with E-state index in [1.807, 2.05) is 0 Å². The van der Waals surface area contributed by atoms with Crippen LogP contribution in [0.15, 0.2) is 102 Å². The van der Waals surface area contributed by atoms with Gasteiger partial charge >= 0.3 is 5.97 Å². The number of nitrogens with zero attached hydrogens (tertiary/aromatic N) is 5. The maximum Gasteiger partial charge on any atom is 0.302 e. The van der Waals surface area contributed by atoms with Gasteiger partial charge in [0.05, 0.1) is 64.9 Å². The van der Waals surface area contributed by atoms with Crippen molar-refractivity contribution < 1.29 is 50.2 Å². The van der Waals surface area contributed by atoms with Gasteiger partial charge in [0.25, 0.3) is 0 Å². The Bertz CT molecular complexity index is 1750. The van der Waals surface area contributed by atoms with Crippen molar-refractivity contribution in [3.63, 3.8) is 0 Å². The Balaban J connectivity index is 0.00000841. The van der Waals surface area contributed by atoms with Crippen molar-refractivity contribution >= 4 is 23.1 Å². The first-order valence-electron chi connectivity index (χ1n) is 19.1. The van der Waals surface area contributed by atoms with Crippen molar-refractivity contribution in [3.8, 4) is 0 Å². The van der Waals surface area contributed by atoms with E-state index in [4.69, 9.17) is 34.0 Å². The van der Waals surface area contributed by atoms with Gasteiger partial charge in [-0.15, -0.1) is 0 Å². The van der Waals surface area contributed by atoms with E-state index in [0.29, 0.717) is 72.6 Å². The minimum Gasteiger partial charge on any atom is -1.00 e. The summed E-state index contributed by atoms with van der Waals surface area (Å²) in [7, 11) is 0. The predicted molar refractivity (Wildman–Crippen MR) is 216 cm³/mol. The summed E-state index contributed by atoms with van der Waals surface area (Å²) in [6.45, 7) is 17.2. The molecule has 304 valence electrons. The number of benzene rings is 2. The molecular formula is C43H58ClN5O7. The van der Waals surface area contributed by atoms with Crippen LogP contribution in [0.25, 0.3) is 10.4 Å². The molecule has 56 heavy (non-hydrogen) atoms. The van der Waals surface area contributed by atoms with Crippen LogP contribution in [-0.4, -0.2) is 109 Å². The van der Waals surface area contributed by atoms with Gasteiger partial charge in [-0.1, -0.05) is 85.7 Å².